The Balaban J connectivity index is 2.95. The minimum Gasteiger partial charge on any atom is -0.263 e. The molecular weight excluding hydrogens is 293 g/mol. The number of hydrogen-bond acceptors (Lipinski definition) is 2. The van der Waals surface area contributed by atoms with Crippen molar-refractivity contribution in [3.05, 3.63) is 29.0 Å². The Bertz CT molecular complexity index is 305. The van der Waals surface area contributed by atoms with Crippen LogP contribution in [0.5, 0.6) is 0 Å². The van der Waals surface area contributed by atoms with Crippen molar-refractivity contribution in [1.82, 2.24) is 4.98 Å². The summed E-state index contributed by atoms with van der Waals surface area (Å²) in [5, 5.41) is 3.45. The molecule has 0 atom stereocenters. The lowest BCUT2D eigenvalue weighted by Crippen LogP contribution is -1.76. The van der Waals surface area contributed by atoms with E-state index in [1.807, 2.05) is 0 Å². The molecule has 0 aliphatic rings. The lowest BCUT2D eigenvalue weighted by molar-refractivity contribution is 1.32. The molecule has 4 heteroatoms. The van der Waals surface area contributed by atoms with Crippen molar-refractivity contribution >= 4 is 41.7 Å². The zero-order valence-corrected chi connectivity index (χ0v) is 9.07. The predicted octanol–water partition coefficient (Wildman–Crippen LogP) is 3.13. The third-order valence-corrected chi connectivity index (χ3v) is 2.14. The third kappa shape index (κ3) is 2.89. The highest BCUT2D eigenvalue weighted by atomic mass is 127. The third-order valence-electron chi connectivity index (χ3n) is 0.997. The van der Waals surface area contributed by atoms with E-state index in [0.29, 0.717) is 5.02 Å². The fourth-order valence-corrected chi connectivity index (χ4v) is 1.20. The first-order valence-electron chi connectivity index (χ1n) is 2.72. The molecule has 0 amide bonds. The molecule has 56 valence electrons. The normalized spacial score (nSPS) is 8.55. The lowest BCUT2D eigenvalue weighted by Gasteiger charge is -1.90. The van der Waals surface area contributed by atoms with Crippen LogP contribution in [-0.2, 0) is 0 Å². The van der Waals surface area contributed by atoms with Crippen LogP contribution < -0.4 is 0 Å². The van der Waals surface area contributed by atoms with Gasteiger partial charge in [0.1, 0.15) is 0 Å². The van der Waals surface area contributed by atoms with Gasteiger partial charge in [0.2, 0.25) is 0 Å². The van der Waals surface area contributed by atoms with Gasteiger partial charge >= 0.3 is 0 Å². The van der Waals surface area contributed by atoms with Gasteiger partial charge in [-0.2, -0.15) is 0 Å². The van der Waals surface area contributed by atoms with Crippen molar-refractivity contribution < 1.29 is 0 Å². The van der Waals surface area contributed by atoms with Gasteiger partial charge < -0.3 is 0 Å². The van der Waals surface area contributed by atoms with Crippen LogP contribution in [0.25, 0.3) is 0 Å². The second kappa shape index (κ2) is 4.86. The molecule has 1 heterocycles. The van der Waals surface area contributed by atoms with Crippen molar-refractivity contribution in [1.29, 1.82) is 0 Å². The Kier molecular flexibility index (Phi) is 4.05. The van der Waals surface area contributed by atoms with Crippen LogP contribution in [0.4, 0.5) is 0 Å². The van der Waals surface area contributed by atoms with E-state index in [1.165, 1.54) is 8.93 Å². The standard InChI is InChI=1S/C7H3ClINS/c8-7-5-10-3-1-6(7)2-4-11-9/h1,3,5H. The van der Waals surface area contributed by atoms with E-state index in [4.69, 9.17) is 11.6 Å². The predicted molar refractivity (Wildman–Crippen MR) is 57.7 cm³/mol. The molecule has 1 aromatic rings. The van der Waals surface area contributed by atoms with Crippen LogP contribution in [0, 0.1) is 11.2 Å². The summed E-state index contributed by atoms with van der Waals surface area (Å²) in [4.78, 5) is 3.84. The van der Waals surface area contributed by atoms with Crippen LogP contribution in [-0.4, -0.2) is 4.98 Å². The molecule has 0 aromatic carbocycles. The van der Waals surface area contributed by atoms with E-state index in [0.717, 1.165) is 5.56 Å². The second-order valence-corrected chi connectivity index (χ2v) is 3.75. The molecule has 0 N–H and O–H groups in total. The van der Waals surface area contributed by atoms with Crippen LogP contribution >= 0.6 is 41.7 Å². The molecule has 0 aliphatic heterocycles. The molecule has 0 fully saturated rings. The van der Waals surface area contributed by atoms with Crippen molar-refractivity contribution in [3.63, 3.8) is 0 Å². The average molecular weight is 296 g/mol. The molecule has 0 spiro atoms. The molecule has 1 rings (SSSR count). The quantitative estimate of drug-likeness (QED) is 0.539. The molecule has 0 aliphatic carbocycles. The van der Waals surface area contributed by atoms with Gasteiger partial charge in [-0.1, -0.05) is 17.5 Å². The number of pyridine rings is 1. The Morgan fingerprint density at radius 2 is 2.45 bits per heavy atom. The van der Waals surface area contributed by atoms with E-state index in [1.54, 1.807) is 18.5 Å². The van der Waals surface area contributed by atoms with E-state index in [2.05, 4.69) is 37.4 Å². The van der Waals surface area contributed by atoms with Gasteiger partial charge in [-0.15, -0.1) is 0 Å². The first kappa shape index (κ1) is 9.17. The summed E-state index contributed by atoms with van der Waals surface area (Å²) in [6, 6.07) is 1.79. The number of rotatable bonds is 0. The SMILES string of the molecule is Clc1cnccc1C#CSI. The molecule has 1 nitrogen and oxygen atoms in total. The summed E-state index contributed by atoms with van der Waals surface area (Å²) in [5.41, 5.74) is 0.825. The average Bonchev–Trinajstić information content (AvgIpc) is 2.03. The number of hydrogen-bond donors (Lipinski definition) is 0. The zero-order chi connectivity index (χ0) is 8.10. The van der Waals surface area contributed by atoms with Gasteiger partial charge in [0.15, 0.2) is 0 Å². The van der Waals surface area contributed by atoms with Gasteiger partial charge in [-0.25, -0.2) is 0 Å². The summed E-state index contributed by atoms with van der Waals surface area (Å²) in [7, 11) is 1.44. The maximum Gasteiger partial charge on any atom is 0.0746 e. The highest BCUT2D eigenvalue weighted by molar-refractivity contribution is 14.2. The highest BCUT2D eigenvalue weighted by Gasteiger charge is 1.92. The molecule has 0 bridgehead atoms. The number of halogens is 2. The van der Waals surface area contributed by atoms with Gasteiger partial charge in [0.25, 0.3) is 0 Å². The van der Waals surface area contributed by atoms with Crippen molar-refractivity contribution in [2.24, 2.45) is 0 Å². The van der Waals surface area contributed by atoms with Crippen molar-refractivity contribution in [3.8, 4) is 11.2 Å². The van der Waals surface area contributed by atoms with Crippen LogP contribution in [0.3, 0.4) is 0 Å². The molecule has 0 saturated heterocycles. The van der Waals surface area contributed by atoms with E-state index >= 15 is 0 Å². The number of aromatic nitrogens is 1. The Morgan fingerprint density at radius 1 is 1.64 bits per heavy atom. The Hall–Kier alpha value is 0.0800. The van der Waals surface area contributed by atoms with Gasteiger partial charge in [0.05, 0.1) is 5.02 Å². The van der Waals surface area contributed by atoms with E-state index in [9.17, 15) is 0 Å². The molecular formula is C7H3ClINS. The fraction of sp³-hybridized carbons (Fsp3) is 0. The monoisotopic (exact) mass is 295 g/mol. The van der Waals surface area contributed by atoms with Gasteiger partial charge in [0, 0.05) is 39.2 Å². The molecule has 0 saturated carbocycles. The fourth-order valence-electron chi connectivity index (χ4n) is 0.551. The van der Waals surface area contributed by atoms with E-state index < -0.39 is 0 Å². The topological polar surface area (TPSA) is 12.9 Å². The van der Waals surface area contributed by atoms with Crippen LogP contribution in [0.1, 0.15) is 5.56 Å². The highest BCUT2D eigenvalue weighted by Crippen LogP contribution is 2.13. The zero-order valence-electron chi connectivity index (χ0n) is 5.34. The second-order valence-electron chi connectivity index (χ2n) is 1.66. The summed E-state index contributed by atoms with van der Waals surface area (Å²) < 4.78 is 0. The summed E-state index contributed by atoms with van der Waals surface area (Å²) >= 11 is 7.89. The van der Waals surface area contributed by atoms with Gasteiger partial charge in [-0.05, 0) is 20.3 Å². The maximum atomic E-state index is 5.78. The maximum absolute atomic E-state index is 5.78. The summed E-state index contributed by atoms with van der Waals surface area (Å²) in [5.74, 6) is 2.90. The van der Waals surface area contributed by atoms with Crippen molar-refractivity contribution in [2.75, 3.05) is 0 Å². The summed E-state index contributed by atoms with van der Waals surface area (Å²) in [6.07, 6.45) is 3.26. The largest absolute Gasteiger partial charge is 0.263 e. The lowest BCUT2D eigenvalue weighted by atomic mass is 10.3. The molecule has 11 heavy (non-hydrogen) atoms. The minimum absolute atomic E-state index is 0.602. The van der Waals surface area contributed by atoms with E-state index in [-0.39, 0.29) is 0 Å². The number of nitrogens with zero attached hydrogens (tertiary/aromatic N) is 1. The molecule has 0 radical (unpaired) electrons. The Morgan fingerprint density at radius 3 is 3.09 bits per heavy atom. The Labute approximate surface area is 86.5 Å². The van der Waals surface area contributed by atoms with Crippen LogP contribution in [0.15, 0.2) is 18.5 Å². The minimum atomic E-state index is 0.602. The molecule has 1 aromatic heterocycles. The van der Waals surface area contributed by atoms with Gasteiger partial charge in [-0.3, -0.25) is 4.98 Å². The van der Waals surface area contributed by atoms with Crippen LogP contribution in [0.2, 0.25) is 5.02 Å². The smallest absolute Gasteiger partial charge is 0.0746 e. The van der Waals surface area contributed by atoms with Crippen molar-refractivity contribution in [2.45, 2.75) is 0 Å². The first-order valence-corrected chi connectivity index (χ1v) is 6.46. The first-order chi connectivity index (χ1) is 5.34. The molecule has 0 unspecified atom stereocenters. The summed E-state index contributed by atoms with van der Waals surface area (Å²) in [6.45, 7) is 0.